The number of aromatic carboxylic acids is 1. The van der Waals surface area contributed by atoms with E-state index in [1.165, 1.54) is 19.2 Å². The van der Waals surface area contributed by atoms with Crippen molar-refractivity contribution in [2.45, 2.75) is 6.92 Å². The molecule has 0 amide bonds. The number of aryl methyl sites for hydroxylation is 1. The van der Waals surface area contributed by atoms with E-state index in [0.29, 0.717) is 5.56 Å². The summed E-state index contributed by atoms with van der Waals surface area (Å²) in [5, 5.41) is 8.67. The van der Waals surface area contributed by atoms with Crippen LogP contribution in [0, 0.1) is 12.7 Å². The van der Waals surface area contributed by atoms with Gasteiger partial charge in [-0.25, -0.2) is 9.18 Å². The van der Waals surface area contributed by atoms with Crippen LogP contribution in [-0.2, 0) is 0 Å². The summed E-state index contributed by atoms with van der Waals surface area (Å²) >= 11 is 0. The van der Waals surface area contributed by atoms with Crippen LogP contribution in [0.1, 0.15) is 15.9 Å². The minimum Gasteiger partial charge on any atom is -0.493 e. The summed E-state index contributed by atoms with van der Waals surface area (Å²) in [6.45, 7) is 1.55. The van der Waals surface area contributed by atoms with Crippen LogP contribution >= 0.6 is 0 Å². The largest absolute Gasteiger partial charge is 0.493 e. The van der Waals surface area contributed by atoms with Crippen molar-refractivity contribution in [2.75, 3.05) is 7.11 Å². The number of benzene rings is 1. The van der Waals surface area contributed by atoms with Gasteiger partial charge in [-0.2, -0.15) is 0 Å². The zero-order valence-electron chi connectivity index (χ0n) is 7.30. The molecule has 0 bridgehead atoms. The van der Waals surface area contributed by atoms with Gasteiger partial charge in [-0.05, 0) is 18.6 Å². The van der Waals surface area contributed by atoms with Crippen LogP contribution in [0.25, 0.3) is 0 Å². The predicted octanol–water partition coefficient (Wildman–Crippen LogP) is 1.84. The first kappa shape index (κ1) is 9.51. The molecule has 1 rings (SSSR count). The van der Waals surface area contributed by atoms with Gasteiger partial charge in [0.05, 0.1) is 7.11 Å². The van der Waals surface area contributed by atoms with Crippen molar-refractivity contribution in [3.05, 3.63) is 29.1 Å². The van der Waals surface area contributed by atoms with Crippen LogP contribution in [0.2, 0.25) is 0 Å². The minimum atomic E-state index is -1.20. The highest BCUT2D eigenvalue weighted by atomic mass is 19.1. The van der Waals surface area contributed by atoms with Gasteiger partial charge in [0, 0.05) is 0 Å². The second kappa shape index (κ2) is 3.43. The van der Waals surface area contributed by atoms with E-state index < -0.39 is 11.8 Å². The number of ether oxygens (including phenoxy) is 1. The van der Waals surface area contributed by atoms with E-state index in [1.54, 1.807) is 6.92 Å². The van der Waals surface area contributed by atoms with Crippen molar-refractivity contribution < 1.29 is 19.0 Å². The average Bonchev–Trinajstić information content (AvgIpc) is 2.09. The summed E-state index contributed by atoms with van der Waals surface area (Å²) in [4.78, 5) is 10.6. The van der Waals surface area contributed by atoms with Gasteiger partial charge in [-0.15, -0.1) is 0 Å². The van der Waals surface area contributed by atoms with Gasteiger partial charge in [-0.3, -0.25) is 0 Å². The number of halogens is 1. The van der Waals surface area contributed by atoms with E-state index in [-0.39, 0.29) is 11.3 Å². The van der Waals surface area contributed by atoms with Gasteiger partial charge < -0.3 is 9.84 Å². The van der Waals surface area contributed by atoms with Gasteiger partial charge in [0.25, 0.3) is 0 Å². The van der Waals surface area contributed by atoms with Crippen LogP contribution in [0.5, 0.6) is 5.75 Å². The summed E-state index contributed by atoms with van der Waals surface area (Å²) in [6.07, 6.45) is 0. The van der Waals surface area contributed by atoms with Gasteiger partial charge in [-0.1, -0.05) is 6.07 Å². The van der Waals surface area contributed by atoms with Crippen LogP contribution in [-0.4, -0.2) is 18.2 Å². The number of hydrogen-bond acceptors (Lipinski definition) is 2. The van der Waals surface area contributed by atoms with Crippen molar-refractivity contribution in [3.63, 3.8) is 0 Å². The summed E-state index contributed by atoms with van der Waals surface area (Å²) in [6, 6.07) is 2.72. The molecule has 0 aromatic heterocycles. The first-order chi connectivity index (χ1) is 6.07. The third-order valence-electron chi connectivity index (χ3n) is 1.72. The maximum absolute atomic E-state index is 13.2. The van der Waals surface area contributed by atoms with Crippen molar-refractivity contribution >= 4 is 5.97 Å². The van der Waals surface area contributed by atoms with E-state index in [2.05, 4.69) is 4.74 Å². The molecule has 0 saturated carbocycles. The normalized spacial score (nSPS) is 9.77. The number of carbonyl (C=O) groups is 1. The molecule has 70 valence electrons. The molecule has 0 aliphatic carbocycles. The SMILES string of the molecule is COc1c(C(=O)O)ccc(C)c1F. The molecule has 13 heavy (non-hydrogen) atoms. The minimum absolute atomic E-state index is 0.161. The summed E-state index contributed by atoms with van der Waals surface area (Å²) in [7, 11) is 1.24. The number of methoxy groups -OCH3 is 1. The molecule has 0 aliphatic rings. The van der Waals surface area contributed by atoms with Gasteiger partial charge >= 0.3 is 5.97 Å². The molecule has 0 fully saturated rings. The highest BCUT2D eigenvalue weighted by Gasteiger charge is 2.16. The van der Waals surface area contributed by atoms with E-state index in [4.69, 9.17) is 5.11 Å². The van der Waals surface area contributed by atoms with E-state index in [9.17, 15) is 9.18 Å². The van der Waals surface area contributed by atoms with E-state index >= 15 is 0 Å². The molecule has 0 radical (unpaired) electrons. The van der Waals surface area contributed by atoms with Crippen LogP contribution in [0.15, 0.2) is 12.1 Å². The Labute approximate surface area is 74.8 Å². The molecule has 0 unspecified atom stereocenters. The number of carboxylic acids is 1. The molecule has 0 aliphatic heterocycles. The Morgan fingerprint density at radius 3 is 2.62 bits per heavy atom. The van der Waals surface area contributed by atoms with Crippen LogP contribution < -0.4 is 4.74 Å². The molecule has 1 aromatic carbocycles. The Balaban J connectivity index is 3.38. The fourth-order valence-electron chi connectivity index (χ4n) is 1.02. The predicted molar refractivity (Wildman–Crippen MR) is 44.6 cm³/mol. The van der Waals surface area contributed by atoms with E-state index in [1.807, 2.05) is 0 Å². The lowest BCUT2D eigenvalue weighted by Crippen LogP contribution is -2.03. The molecular weight excluding hydrogens is 175 g/mol. The Hall–Kier alpha value is -1.58. The quantitative estimate of drug-likeness (QED) is 0.762. The molecule has 3 nitrogen and oxygen atoms in total. The average molecular weight is 184 g/mol. The zero-order valence-corrected chi connectivity index (χ0v) is 7.30. The van der Waals surface area contributed by atoms with Crippen molar-refractivity contribution in [1.82, 2.24) is 0 Å². The Kier molecular flexibility index (Phi) is 2.51. The zero-order chi connectivity index (χ0) is 10.0. The highest BCUT2D eigenvalue weighted by molar-refractivity contribution is 5.91. The Bertz CT molecular complexity index is 347. The first-order valence-corrected chi connectivity index (χ1v) is 3.64. The van der Waals surface area contributed by atoms with Gasteiger partial charge in [0.2, 0.25) is 0 Å². The molecule has 4 heteroatoms. The summed E-state index contributed by atoms with van der Waals surface area (Å²) < 4.78 is 17.9. The molecule has 1 aromatic rings. The van der Waals surface area contributed by atoms with Gasteiger partial charge in [0.15, 0.2) is 11.6 Å². The summed E-state index contributed by atoms with van der Waals surface area (Å²) in [5.41, 5.74) is 0.201. The highest BCUT2D eigenvalue weighted by Crippen LogP contribution is 2.24. The Morgan fingerprint density at radius 1 is 1.54 bits per heavy atom. The molecule has 1 N–H and O–H groups in total. The third kappa shape index (κ3) is 1.61. The van der Waals surface area contributed by atoms with Crippen molar-refractivity contribution in [2.24, 2.45) is 0 Å². The molecule has 0 heterocycles. The fourth-order valence-corrected chi connectivity index (χ4v) is 1.02. The fraction of sp³-hybridized carbons (Fsp3) is 0.222. The maximum atomic E-state index is 13.2. The number of hydrogen-bond donors (Lipinski definition) is 1. The lowest BCUT2D eigenvalue weighted by Gasteiger charge is -2.07. The number of carboxylic acid groups (broad SMARTS) is 1. The maximum Gasteiger partial charge on any atom is 0.339 e. The number of rotatable bonds is 2. The second-order valence-corrected chi connectivity index (χ2v) is 2.58. The molecule has 0 spiro atoms. The monoisotopic (exact) mass is 184 g/mol. The Morgan fingerprint density at radius 2 is 2.15 bits per heavy atom. The third-order valence-corrected chi connectivity index (χ3v) is 1.72. The summed E-state index contributed by atoms with van der Waals surface area (Å²) in [5.74, 6) is -2.04. The lowest BCUT2D eigenvalue weighted by molar-refractivity contribution is 0.0692. The molecule has 0 atom stereocenters. The van der Waals surface area contributed by atoms with Crippen LogP contribution in [0.3, 0.4) is 0 Å². The van der Waals surface area contributed by atoms with Crippen molar-refractivity contribution in [1.29, 1.82) is 0 Å². The van der Waals surface area contributed by atoms with Crippen molar-refractivity contribution in [3.8, 4) is 5.75 Å². The van der Waals surface area contributed by atoms with Crippen LogP contribution in [0.4, 0.5) is 4.39 Å². The van der Waals surface area contributed by atoms with Gasteiger partial charge in [0.1, 0.15) is 5.56 Å². The molecule has 0 saturated heterocycles. The first-order valence-electron chi connectivity index (χ1n) is 3.64. The molecular formula is C9H9FO3. The smallest absolute Gasteiger partial charge is 0.339 e. The topological polar surface area (TPSA) is 46.5 Å². The second-order valence-electron chi connectivity index (χ2n) is 2.58. The van der Waals surface area contributed by atoms with E-state index in [0.717, 1.165) is 0 Å². The lowest BCUT2D eigenvalue weighted by atomic mass is 10.1. The standard InChI is InChI=1S/C9H9FO3/c1-5-3-4-6(9(11)12)8(13-2)7(5)10/h3-4H,1-2H3,(H,11,12).